The molecule has 1 aromatic carbocycles. The molecule has 1 N–H and O–H groups in total. The number of aryl methyl sites for hydroxylation is 1. The summed E-state index contributed by atoms with van der Waals surface area (Å²) in [4.78, 5) is 0. The zero-order valence-electron chi connectivity index (χ0n) is 13.3. The van der Waals surface area contributed by atoms with Gasteiger partial charge in [-0.15, -0.1) is 5.10 Å². The Labute approximate surface area is 125 Å². The van der Waals surface area contributed by atoms with E-state index in [4.69, 9.17) is 4.74 Å². The molecule has 1 atom stereocenters. The highest BCUT2D eigenvalue weighted by Crippen LogP contribution is 2.23. The third kappa shape index (κ3) is 4.01. The molecule has 1 unspecified atom stereocenters. The van der Waals surface area contributed by atoms with E-state index in [-0.39, 0.29) is 5.60 Å². The fourth-order valence-electron chi connectivity index (χ4n) is 2.32. The summed E-state index contributed by atoms with van der Waals surface area (Å²) in [6.45, 7) is 8.43. The molecule has 6 heteroatoms. The lowest BCUT2D eigenvalue weighted by molar-refractivity contribution is 0.0128. The highest BCUT2D eigenvalue weighted by Gasteiger charge is 2.20. The zero-order chi connectivity index (χ0) is 15.5. The van der Waals surface area contributed by atoms with Gasteiger partial charge in [-0.3, -0.25) is 0 Å². The molecule has 0 spiro atoms. The van der Waals surface area contributed by atoms with Crippen LogP contribution in [-0.4, -0.2) is 39.0 Å². The van der Waals surface area contributed by atoms with Crippen molar-refractivity contribution in [3.63, 3.8) is 0 Å². The SMILES string of the molecule is COC(C)(C)CC(C)Nc1cc(-n2cnnn2)ccc1C. The Hall–Kier alpha value is -1.95. The lowest BCUT2D eigenvalue weighted by Crippen LogP contribution is -2.31. The van der Waals surface area contributed by atoms with Gasteiger partial charge in [0.25, 0.3) is 0 Å². The van der Waals surface area contributed by atoms with E-state index in [1.54, 1.807) is 18.1 Å². The van der Waals surface area contributed by atoms with E-state index in [1.807, 2.05) is 6.07 Å². The Kier molecular flexibility index (Phi) is 4.57. The Balaban J connectivity index is 2.14. The fraction of sp³-hybridized carbons (Fsp3) is 0.533. The summed E-state index contributed by atoms with van der Waals surface area (Å²) in [5, 5.41) is 14.8. The van der Waals surface area contributed by atoms with Crippen LogP contribution in [0.1, 0.15) is 32.8 Å². The van der Waals surface area contributed by atoms with Crippen LogP contribution < -0.4 is 5.32 Å². The zero-order valence-corrected chi connectivity index (χ0v) is 13.3. The van der Waals surface area contributed by atoms with Crippen LogP contribution in [0.2, 0.25) is 0 Å². The Morgan fingerprint density at radius 3 is 2.76 bits per heavy atom. The van der Waals surface area contributed by atoms with Gasteiger partial charge in [-0.1, -0.05) is 6.07 Å². The van der Waals surface area contributed by atoms with Gasteiger partial charge in [0.05, 0.1) is 11.3 Å². The van der Waals surface area contributed by atoms with Gasteiger partial charge in [0.15, 0.2) is 0 Å². The molecular weight excluding hydrogens is 266 g/mol. The number of methoxy groups -OCH3 is 1. The summed E-state index contributed by atoms with van der Waals surface area (Å²) in [7, 11) is 1.75. The molecular formula is C15H23N5O. The van der Waals surface area contributed by atoms with Crippen molar-refractivity contribution in [2.75, 3.05) is 12.4 Å². The number of tetrazole rings is 1. The second-order valence-corrected chi connectivity index (χ2v) is 5.97. The number of nitrogens with one attached hydrogen (secondary N) is 1. The topological polar surface area (TPSA) is 64.9 Å². The standard InChI is InChI=1S/C15H23N5O/c1-11-6-7-13(20-10-16-18-19-20)8-14(11)17-12(2)9-15(3,4)21-5/h6-8,10,12,17H,9H2,1-5H3. The molecule has 0 saturated heterocycles. The van der Waals surface area contributed by atoms with Crippen LogP contribution in [0.5, 0.6) is 0 Å². The molecule has 6 nitrogen and oxygen atoms in total. The van der Waals surface area contributed by atoms with Gasteiger partial charge in [-0.25, -0.2) is 4.68 Å². The normalized spacial score (nSPS) is 13.2. The maximum atomic E-state index is 5.49. The first-order valence-corrected chi connectivity index (χ1v) is 7.07. The number of nitrogens with zero attached hydrogens (tertiary/aromatic N) is 4. The summed E-state index contributed by atoms with van der Waals surface area (Å²) in [6, 6.07) is 6.42. The first-order valence-electron chi connectivity index (χ1n) is 7.07. The van der Waals surface area contributed by atoms with E-state index >= 15 is 0 Å². The molecule has 114 valence electrons. The van der Waals surface area contributed by atoms with Gasteiger partial charge in [-0.2, -0.15) is 0 Å². The van der Waals surface area contributed by atoms with Crippen molar-refractivity contribution in [2.45, 2.75) is 45.8 Å². The number of rotatable bonds is 6. The van der Waals surface area contributed by atoms with Crippen LogP contribution in [0.25, 0.3) is 5.69 Å². The molecule has 0 bridgehead atoms. The van der Waals surface area contributed by atoms with Crippen molar-refractivity contribution in [3.8, 4) is 5.69 Å². The minimum Gasteiger partial charge on any atom is -0.382 e. The van der Waals surface area contributed by atoms with Crippen molar-refractivity contribution in [3.05, 3.63) is 30.1 Å². The molecule has 1 aromatic heterocycles. The average molecular weight is 289 g/mol. The number of hydrogen-bond acceptors (Lipinski definition) is 5. The quantitative estimate of drug-likeness (QED) is 0.885. The van der Waals surface area contributed by atoms with Gasteiger partial charge in [-0.05, 0) is 62.2 Å². The number of aromatic nitrogens is 4. The van der Waals surface area contributed by atoms with E-state index in [2.05, 4.69) is 60.7 Å². The fourth-order valence-corrected chi connectivity index (χ4v) is 2.32. The van der Waals surface area contributed by atoms with Gasteiger partial charge >= 0.3 is 0 Å². The highest BCUT2D eigenvalue weighted by atomic mass is 16.5. The van der Waals surface area contributed by atoms with Crippen molar-refractivity contribution in [1.29, 1.82) is 0 Å². The predicted molar refractivity (Wildman–Crippen MR) is 82.7 cm³/mol. The average Bonchev–Trinajstić information content (AvgIpc) is 2.94. The van der Waals surface area contributed by atoms with Crippen LogP contribution in [0.4, 0.5) is 5.69 Å². The summed E-state index contributed by atoms with van der Waals surface area (Å²) < 4.78 is 7.14. The molecule has 0 saturated carbocycles. The van der Waals surface area contributed by atoms with Crippen LogP contribution >= 0.6 is 0 Å². The van der Waals surface area contributed by atoms with E-state index in [9.17, 15) is 0 Å². The highest BCUT2D eigenvalue weighted by molar-refractivity contribution is 5.57. The van der Waals surface area contributed by atoms with Crippen LogP contribution in [0, 0.1) is 6.92 Å². The minimum atomic E-state index is -0.145. The Morgan fingerprint density at radius 2 is 2.14 bits per heavy atom. The summed E-state index contributed by atoms with van der Waals surface area (Å²) in [6.07, 6.45) is 2.50. The number of anilines is 1. The van der Waals surface area contributed by atoms with Gasteiger partial charge in [0, 0.05) is 18.8 Å². The molecule has 0 aliphatic heterocycles. The van der Waals surface area contributed by atoms with Gasteiger partial charge in [0.1, 0.15) is 6.33 Å². The van der Waals surface area contributed by atoms with E-state index in [0.717, 1.165) is 17.8 Å². The van der Waals surface area contributed by atoms with Crippen LogP contribution in [0.3, 0.4) is 0 Å². The first kappa shape index (κ1) is 15.4. The second kappa shape index (κ2) is 6.22. The molecule has 0 amide bonds. The van der Waals surface area contributed by atoms with Crippen LogP contribution in [-0.2, 0) is 4.74 Å². The molecule has 0 fully saturated rings. The molecule has 2 aromatic rings. The third-order valence-corrected chi connectivity index (χ3v) is 3.59. The molecule has 0 aliphatic rings. The second-order valence-electron chi connectivity index (χ2n) is 5.97. The Bertz CT molecular complexity index is 580. The third-order valence-electron chi connectivity index (χ3n) is 3.59. The maximum absolute atomic E-state index is 5.49. The molecule has 2 rings (SSSR count). The minimum absolute atomic E-state index is 0.145. The summed E-state index contributed by atoms with van der Waals surface area (Å²) in [5.41, 5.74) is 3.07. The number of ether oxygens (including phenoxy) is 1. The monoisotopic (exact) mass is 289 g/mol. The molecule has 0 radical (unpaired) electrons. The smallest absolute Gasteiger partial charge is 0.143 e. The summed E-state index contributed by atoms with van der Waals surface area (Å²) in [5.74, 6) is 0. The Morgan fingerprint density at radius 1 is 1.38 bits per heavy atom. The summed E-state index contributed by atoms with van der Waals surface area (Å²) >= 11 is 0. The van der Waals surface area contributed by atoms with Gasteiger partial charge < -0.3 is 10.1 Å². The molecule has 21 heavy (non-hydrogen) atoms. The number of hydrogen-bond donors (Lipinski definition) is 1. The lowest BCUT2D eigenvalue weighted by atomic mass is 9.99. The van der Waals surface area contributed by atoms with E-state index in [0.29, 0.717) is 6.04 Å². The largest absolute Gasteiger partial charge is 0.382 e. The predicted octanol–water partition coefficient (Wildman–Crippen LogP) is 2.59. The lowest BCUT2D eigenvalue weighted by Gasteiger charge is -2.28. The van der Waals surface area contributed by atoms with Crippen LogP contribution in [0.15, 0.2) is 24.5 Å². The van der Waals surface area contributed by atoms with Gasteiger partial charge in [0.2, 0.25) is 0 Å². The maximum Gasteiger partial charge on any atom is 0.143 e. The van der Waals surface area contributed by atoms with Crippen molar-refractivity contribution >= 4 is 5.69 Å². The molecule has 1 heterocycles. The number of benzene rings is 1. The van der Waals surface area contributed by atoms with Crippen molar-refractivity contribution in [2.24, 2.45) is 0 Å². The first-order chi connectivity index (χ1) is 9.91. The van der Waals surface area contributed by atoms with E-state index < -0.39 is 0 Å². The van der Waals surface area contributed by atoms with Crippen molar-refractivity contribution < 1.29 is 4.74 Å². The van der Waals surface area contributed by atoms with E-state index in [1.165, 1.54) is 5.56 Å². The molecule has 0 aliphatic carbocycles. The van der Waals surface area contributed by atoms with Crippen molar-refractivity contribution in [1.82, 2.24) is 20.2 Å².